The number of likely N-dealkylation sites (N-methyl/N-ethyl adjacent to an activating group) is 1. The molecule has 0 amide bonds. The molecule has 3 nitrogen and oxygen atoms in total. The summed E-state index contributed by atoms with van der Waals surface area (Å²) in [6.07, 6.45) is 2.25. The topological polar surface area (TPSA) is 24.5 Å². The first kappa shape index (κ1) is 16.4. The van der Waals surface area contributed by atoms with Gasteiger partial charge < -0.3 is 15.0 Å². The summed E-state index contributed by atoms with van der Waals surface area (Å²) in [7, 11) is 2.06. The van der Waals surface area contributed by atoms with E-state index in [0.717, 1.165) is 44.7 Å². The summed E-state index contributed by atoms with van der Waals surface area (Å²) in [5, 5.41) is 3.63. The Labute approximate surface area is 127 Å². The van der Waals surface area contributed by atoms with E-state index in [1.54, 1.807) is 6.07 Å². The van der Waals surface area contributed by atoms with Crippen molar-refractivity contribution in [2.75, 3.05) is 33.4 Å². The molecule has 118 valence electrons. The lowest BCUT2D eigenvalue weighted by Gasteiger charge is -2.29. The molecule has 1 saturated heterocycles. The largest absolute Gasteiger partial charge is 0.381 e. The van der Waals surface area contributed by atoms with E-state index in [2.05, 4.69) is 24.2 Å². The highest BCUT2D eigenvalue weighted by Crippen LogP contribution is 2.18. The Morgan fingerprint density at radius 1 is 1.43 bits per heavy atom. The zero-order valence-electron chi connectivity index (χ0n) is 13.1. The first-order chi connectivity index (χ1) is 10.2. The van der Waals surface area contributed by atoms with Crippen LogP contribution >= 0.6 is 0 Å². The molecule has 1 aliphatic rings. The van der Waals surface area contributed by atoms with E-state index in [1.165, 1.54) is 6.07 Å². The molecule has 0 spiro atoms. The second-order valence-corrected chi connectivity index (χ2v) is 5.97. The SMILES string of the molecule is CCCNC(CN(C)Cc1ccccc1F)C1CCOC1. The molecule has 2 rings (SSSR count). The molecule has 0 aliphatic carbocycles. The van der Waals surface area contributed by atoms with Crippen LogP contribution in [0.3, 0.4) is 0 Å². The zero-order valence-corrected chi connectivity index (χ0v) is 13.1. The molecule has 2 unspecified atom stereocenters. The van der Waals surface area contributed by atoms with Crippen molar-refractivity contribution < 1.29 is 9.13 Å². The zero-order chi connectivity index (χ0) is 15.1. The van der Waals surface area contributed by atoms with Crippen LogP contribution in [0, 0.1) is 11.7 Å². The maximum Gasteiger partial charge on any atom is 0.127 e. The molecule has 21 heavy (non-hydrogen) atoms. The fourth-order valence-corrected chi connectivity index (χ4v) is 2.90. The van der Waals surface area contributed by atoms with Crippen LogP contribution in [0.4, 0.5) is 4.39 Å². The van der Waals surface area contributed by atoms with Gasteiger partial charge in [-0.15, -0.1) is 0 Å². The normalized spacial score (nSPS) is 20.1. The van der Waals surface area contributed by atoms with Gasteiger partial charge in [-0.1, -0.05) is 25.1 Å². The quantitative estimate of drug-likeness (QED) is 0.798. The predicted molar refractivity (Wildman–Crippen MR) is 83.7 cm³/mol. The molecule has 1 heterocycles. The minimum atomic E-state index is -0.119. The first-order valence-electron chi connectivity index (χ1n) is 7.93. The molecule has 0 aromatic heterocycles. The van der Waals surface area contributed by atoms with Crippen molar-refractivity contribution in [2.24, 2.45) is 5.92 Å². The van der Waals surface area contributed by atoms with Crippen molar-refractivity contribution in [1.29, 1.82) is 0 Å². The van der Waals surface area contributed by atoms with E-state index in [-0.39, 0.29) is 5.82 Å². The average Bonchev–Trinajstić information content (AvgIpc) is 3.00. The van der Waals surface area contributed by atoms with E-state index >= 15 is 0 Å². The average molecular weight is 294 g/mol. The molecule has 1 aromatic rings. The third-order valence-electron chi connectivity index (χ3n) is 4.10. The van der Waals surface area contributed by atoms with Gasteiger partial charge in [-0.25, -0.2) is 4.39 Å². The van der Waals surface area contributed by atoms with Crippen LogP contribution in [-0.4, -0.2) is 44.3 Å². The van der Waals surface area contributed by atoms with Crippen molar-refractivity contribution in [1.82, 2.24) is 10.2 Å². The molecule has 0 bridgehead atoms. The van der Waals surface area contributed by atoms with Crippen LogP contribution < -0.4 is 5.32 Å². The van der Waals surface area contributed by atoms with Crippen LogP contribution in [0.15, 0.2) is 24.3 Å². The van der Waals surface area contributed by atoms with Gasteiger partial charge in [-0.05, 0) is 32.5 Å². The smallest absolute Gasteiger partial charge is 0.127 e. The van der Waals surface area contributed by atoms with Gasteiger partial charge in [0.2, 0.25) is 0 Å². The summed E-state index contributed by atoms with van der Waals surface area (Å²) in [6.45, 7) is 6.47. The Bertz CT molecular complexity index is 421. The molecule has 0 radical (unpaired) electrons. The molecular weight excluding hydrogens is 267 g/mol. The van der Waals surface area contributed by atoms with Crippen molar-refractivity contribution in [2.45, 2.75) is 32.4 Å². The van der Waals surface area contributed by atoms with Gasteiger partial charge in [-0.2, -0.15) is 0 Å². The van der Waals surface area contributed by atoms with Gasteiger partial charge in [0.1, 0.15) is 5.82 Å². The summed E-state index contributed by atoms with van der Waals surface area (Å²) < 4.78 is 19.2. The van der Waals surface area contributed by atoms with E-state index in [9.17, 15) is 4.39 Å². The van der Waals surface area contributed by atoms with Gasteiger partial charge in [0, 0.05) is 37.2 Å². The molecule has 2 atom stereocenters. The summed E-state index contributed by atoms with van der Waals surface area (Å²) in [4.78, 5) is 2.20. The molecule has 1 fully saturated rings. The summed E-state index contributed by atoms with van der Waals surface area (Å²) in [5.41, 5.74) is 0.761. The highest BCUT2D eigenvalue weighted by atomic mass is 19.1. The lowest BCUT2D eigenvalue weighted by molar-refractivity contribution is 0.165. The van der Waals surface area contributed by atoms with Gasteiger partial charge in [0.15, 0.2) is 0 Å². The number of hydrogen-bond acceptors (Lipinski definition) is 3. The van der Waals surface area contributed by atoms with Gasteiger partial charge in [-0.3, -0.25) is 0 Å². The molecule has 1 N–H and O–H groups in total. The highest BCUT2D eigenvalue weighted by Gasteiger charge is 2.26. The lowest BCUT2D eigenvalue weighted by atomic mass is 9.98. The minimum Gasteiger partial charge on any atom is -0.381 e. The Hall–Kier alpha value is -0.970. The number of benzene rings is 1. The van der Waals surface area contributed by atoms with Crippen LogP contribution in [0.1, 0.15) is 25.3 Å². The second-order valence-electron chi connectivity index (χ2n) is 5.97. The Kier molecular flexibility index (Phi) is 6.61. The number of ether oxygens (including phenoxy) is 1. The molecule has 0 saturated carbocycles. The molecular formula is C17H27FN2O. The number of hydrogen-bond donors (Lipinski definition) is 1. The highest BCUT2D eigenvalue weighted by molar-refractivity contribution is 5.17. The molecule has 1 aliphatic heterocycles. The standard InChI is InChI=1S/C17H27FN2O/c1-3-9-19-17(15-8-10-21-13-15)12-20(2)11-14-6-4-5-7-16(14)18/h4-7,15,17,19H,3,8-13H2,1-2H3. The second kappa shape index (κ2) is 8.47. The van der Waals surface area contributed by atoms with Crippen LogP contribution in [0.25, 0.3) is 0 Å². The molecule has 4 heteroatoms. The molecule has 1 aromatic carbocycles. The maximum atomic E-state index is 13.7. The van der Waals surface area contributed by atoms with Crippen molar-refractivity contribution in [3.8, 4) is 0 Å². The Morgan fingerprint density at radius 2 is 2.24 bits per heavy atom. The van der Waals surface area contributed by atoms with Crippen LogP contribution in [0.2, 0.25) is 0 Å². The third-order valence-corrected chi connectivity index (χ3v) is 4.10. The van der Waals surface area contributed by atoms with E-state index in [0.29, 0.717) is 18.5 Å². The minimum absolute atomic E-state index is 0.119. The Balaban J connectivity index is 1.90. The first-order valence-corrected chi connectivity index (χ1v) is 7.93. The number of nitrogens with one attached hydrogen (secondary N) is 1. The number of nitrogens with zero attached hydrogens (tertiary/aromatic N) is 1. The number of halogens is 1. The summed E-state index contributed by atoms with van der Waals surface area (Å²) >= 11 is 0. The third kappa shape index (κ3) is 5.06. The van der Waals surface area contributed by atoms with Gasteiger partial charge in [0.25, 0.3) is 0 Å². The summed E-state index contributed by atoms with van der Waals surface area (Å²) in [5.74, 6) is 0.450. The Morgan fingerprint density at radius 3 is 2.90 bits per heavy atom. The van der Waals surface area contributed by atoms with E-state index < -0.39 is 0 Å². The van der Waals surface area contributed by atoms with Crippen molar-refractivity contribution >= 4 is 0 Å². The summed E-state index contributed by atoms with van der Waals surface area (Å²) in [6, 6.07) is 7.44. The van der Waals surface area contributed by atoms with Crippen molar-refractivity contribution in [3.63, 3.8) is 0 Å². The van der Waals surface area contributed by atoms with Gasteiger partial charge >= 0.3 is 0 Å². The fourth-order valence-electron chi connectivity index (χ4n) is 2.90. The fraction of sp³-hybridized carbons (Fsp3) is 0.647. The maximum absolute atomic E-state index is 13.7. The van der Waals surface area contributed by atoms with E-state index in [4.69, 9.17) is 4.74 Å². The monoisotopic (exact) mass is 294 g/mol. The number of rotatable bonds is 8. The van der Waals surface area contributed by atoms with E-state index in [1.807, 2.05) is 12.1 Å². The van der Waals surface area contributed by atoms with Crippen LogP contribution in [-0.2, 0) is 11.3 Å². The van der Waals surface area contributed by atoms with Crippen molar-refractivity contribution in [3.05, 3.63) is 35.6 Å². The predicted octanol–water partition coefficient (Wildman–Crippen LogP) is 2.66. The van der Waals surface area contributed by atoms with Gasteiger partial charge in [0.05, 0.1) is 6.61 Å². The van der Waals surface area contributed by atoms with Crippen LogP contribution in [0.5, 0.6) is 0 Å². The lowest BCUT2D eigenvalue weighted by Crippen LogP contribution is -2.45.